The predicted molar refractivity (Wildman–Crippen MR) is 71.3 cm³/mol. The van der Waals surface area contributed by atoms with E-state index in [1.165, 1.54) is 25.7 Å². The first-order chi connectivity index (χ1) is 8.19. The number of carbonyl (C=O) groups is 2. The molecule has 2 aliphatic carbocycles. The topological polar surface area (TPSA) is 75.4 Å². The lowest BCUT2D eigenvalue weighted by atomic mass is 10.3. The van der Waals surface area contributed by atoms with Gasteiger partial charge in [-0.15, -0.1) is 12.4 Å². The van der Waals surface area contributed by atoms with Crippen LogP contribution in [0.5, 0.6) is 0 Å². The van der Waals surface area contributed by atoms with Crippen molar-refractivity contribution < 1.29 is 9.59 Å². The Balaban J connectivity index is 0.00000162. The number of nitrogens with one attached hydrogen (secondary N) is 1. The highest BCUT2D eigenvalue weighted by atomic mass is 35.5. The van der Waals surface area contributed by atoms with Crippen LogP contribution < -0.4 is 11.1 Å². The molecule has 0 spiro atoms. The van der Waals surface area contributed by atoms with E-state index in [-0.39, 0.29) is 37.3 Å². The summed E-state index contributed by atoms with van der Waals surface area (Å²) in [4.78, 5) is 24.9. The number of nitrogens with zero attached hydrogens (tertiary/aromatic N) is 1. The molecule has 0 atom stereocenters. The summed E-state index contributed by atoms with van der Waals surface area (Å²) in [5.41, 5.74) is 5.18. The number of hydrogen-bond acceptors (Lipinski definition) is 3. The molecule has 104 valence electrons. The molecule has 2 saturated carbocycles. The maximum absolute atomic E-state index is 12.0. The van der Waals surface area contributed by atoms with E-state index in [2.05, 4.69) is 5.32 Å². The largest absolute Gasteiger partial charge is 0.346 e. The minimum atomic E-state index is -0.267. The molecule has 0 heterocycles. The highest BCUT2D eigenvalue weighted by Crippen LogP contribution is 2.33. The summed E-state index contributed by atoms with van der Waals surface area (Å²) >= 11 is 0. The Labute approximate surface area is 114 Å². The molecule has 0 aliphatic heterocycles. The third-order valence-corrected chi connectivity index (χ3v) is 3.33. The summed E-state index contributed by atoms with van der Waals surface area (Å²) in [6, 6.07) is 0. The Hall–Kier alpha value is -0.810. The second-order valence-electron chi connectivity index (χ2n) is 5.17. The van der Waals surface area contributed by atoms with Crippen LogP contribution in [0.4, 0.5) is 0 Å². The van der Waals surface area contributed by atoms with Gasteiger partial charge in [-0.05, 0) is 37.5 Å². The lowest BCUT2D eigenvalue weighted by Gasteiger charge is -2.22. The maximum Gasteiger partial charge on any atom is 0.241 e. The fourth-order valence-electron chi connectivity index (χ4n) is 1.86. The molecular weight excluding hydrogens is 254 g/mol. The monoisotopic (exact) mass is 275 g/mol. The van der Waals surface area contributed by atoms with E-state index >= 15 is 0 Å². The highest BCUT2D eigenvalue weighted by molar-refractivity contribution is 5.85. The average Bonchev–Trinajstić information content (AvgIpc) is 3.18. The summed E-state index contributed by atoms with van der Waals surface area (Å²) in [6.07, 6.45) is 4.96. The van der Waals surface area contributed by atoms with Crippen molar-refractivity contribution in [3.63, 3.8) is 0 Å². The Morgan fingerprint density at radius 2 is 1.61 bits per heavy atom. The third-order valence-electron chi connectivity index (χ3n) is 3.33. The van der Waals surface area contributed by atoms with Crippen LogP contribution in [0.1, 0.15) is 25.7 Å². The van der Waals surface area contributed by atoms with Crippen LogP contribution in [0.2, 0.25) is 0 Å². The normalized spacial score (nSPS) is 17.8. The van der Waals surface area contributed by atoms with Crippen molar-refractivity contribution in [3.8, 4) is 0 Å². The summed E-state index contributed by atoms with van der Waals surface area (Å²) < 4.78 is 0. The van der Waals surface area contributed by atoms with Gasteiger partial charge in [0.1, 0.15) is 0 Å². The molecule has 18 heavy (non-hydrogen) atoms. The van der Waals surface area contributed by atoms with E-state index in [0.717, 1.165) is 13.1 Å². The minimum Gasteiger partial charge on any atom is -0.346 e. The van der Waals surface area contributed by atoms with E-state index < -0.39 is 0 Å². The van der Waals surface area contributed by atoms with Gasteiger partial charge in [-0.2, -0.15) is 0 Å². The molecule has 2 fully saturated rings. The first kappa shape index (κ1) is 15.2. The summed E-state index contributed by atoms with van der Waals surface area (Å²) in [6.45, 7) is 1.77. The molecule has 0 aromatic carbocycles. The Kier molecular flexibility index (Phi) is 5.88. The van der Waals surface area contributed by atoms with Gasteiger partial charge in [0.2, 0.25) is 11.8 Å². The summed E-state index contributed by atoms with van der Waals surface area (Å²) in [5, 5.41) is 2.54. The smallest absolute Gasteiger partial charge is 0.241 e. The van der Waals surface area contributed by atoms with Crippen LogP contribution in [0.3, 0.4) is 0 Å². The van der Waals surface area contributed by atoms with Gasteiger partial charge >= 0.3 is 0 Å². The standard InChI is InChI=1S/C12H21N3O2.ClH/c13-5-11(16)14-6-12(17)15(7-9-1-2-9)8-10-3-4-10;/h9-10H,1-8,13H2,(H,14,16);1H. The molecule has 5 nitrogen and oxygen atoms in total. The van der Waals surface area contributed by atoms with Crippen molar-refractivity contribution in [2.24, 2.45) is 17.6 Å². The van der Waals surface area contributed by atoms with Crippen molar-refractivity contribution >= 4 is 24.2 Å². The molecule has 2 amide bonds. The SMILES string of the molecule is Cl.NCC(=O)NCC(=O)N(CC1CC1)CC1CC1. The lowest BCUT2D eigenvalue weighted by molar-refractivity contribution is -0.133. The molecule has 3 N–H and O–H groups in total. The second kappa shape index (κ2) is 6.95. The zero-order chi connectivity index (χ0) is 12.3. The Morgan fingerprint density at radius 3 is 2.00 bits per heavy atom. The van der Waals surface area contributed by atoms with Gasteiger partial charge in [0.25, 0.3) is 0 Å². The predicted octanol–water partition coefficient (Wildman–Crippen LogP) is 0.132. The lowest BCUT2D eigenvalue weighted by Crippen LogP contribution is -2.43. The second-order valence-corrected chi connectivity index (χ2v) is 5.17. The van der Waals surface area contributed by atoms with Gasteiger partial charge in [-0.1, -0.05) is 0 Å². The van der Waals surface area contributed by atoms with Gasteiger partial charge in [0.15, 0.2) is 0 Å². The fourth-order valence-corrected chi connectivity index (χ4v) is 1.86. The number of nitrogens with two attached hydrogens (primary N) is 1. The molecule has 2 aliphatic rings. The number of halogens is 1. The highest BCUT2D eigenvalue weighted by Gasteiger charge is 2.31. The van der Waals surface area contributed by atoms with Gasteiger partial charge in [-0.3, -0.25) is 9.59 Å². The molecule has 0 unspecified atom stereocenters. The van der Waals surface area contributed by atoms with Crippen LogP contribution in [-0.4, -0.2) is 42.9 Å². The van der Waals surface area contributed by atoms with E-state index in [0.29, 0.717) is 11.8 Å². The van der Waals surface area contributed by atoms with Crippen LogP contribution in [0.15, 0.2) is 0 Å². The van der Waals surface area contributed by atoms with Crippen molar-refractivity contribution in [2.75, 3.05) is 26.2 Å². The van der Waals surface area contributed by atoms with Gasteiger partial charge in [-0.25, -0.2) is 0 Å². The van der Waals surface area contributed by atoms with Crippen LogP contribution in [-0.2, 0) is 9.59 Å². The zero-order valence-electron chi connectivity index (χ0n) is 10.6. The third kappa shape index (κ3) is 5.23. The summed E-state index contributed by atoms with van der Waals surface area (Å²) in [7, 11) is 0. The van der Waals surface area contributed by atoms with E-state index in [1.54, 1.807) is 0 Å². The Morgan fingerprint density at radius 1 is 1.11 bits per heavy atom. The number of hydrogen-bond donors (Lipinski definition) is 2. The van der Waals surface area contributed by atoms with Crippen LogP contribution in [0, 0.1) is 11.8 Å². The van der Waals surface area contributed by atoms with Crippen molar-refractivity contribution in [1.29, 1.82) is 0 Å². The molecule has 2 rings (SSSR count). The number of carbonyl (C=O) groups excluding carboxylic acids is 2. The molecular formula is C12H22ClN3O2. The van der Waals surface area contributed by atoms with Gasteiger partial charge in [0, 0.05) is 13.1 Å². The van der Waals surface area contributed by atoms with Crippen molar-refractivity contribution in [3.05, 3.63) is 0 Å². The van der Waals surface area contributed by atoms with Crippen molar-refractivity contribution in [1.82, 2.24) is 10.2 Å². The first-order valence-electron chi connectivity index (χ1n) is 6.43. The van der Waals surface area contributed by atoms with E-state index in [4.69, 9.17) is 5.73 Å². The summed E-state index contributed by atoms with van der Waals surface area (Å²) in [5.74, 6) is 1.16. The fraction of sp³-hybridized carbons (Fsp3) is 0.833. The quantitative estimate of drug-likeness (QED) is 0.694. The molecule has 6 heteroatoms. The van der Waals surface area contributed by atoms with E-state index in [9.17, 15) is 9.59 Å². The maximum atomic E-state index is 12.0. The van der Waals surface area contributed by atoms with Crippen LogP contribution in [0.25, 0.3) is 0 Å². The van der Waals surface area contributed by atoms with Crippen molar-refractivity contribution in [2.45, 2.75) is 25.7 Å². The molecule has 0 radical (unpaired) electrons. The molecule has 0 aromatic rings. The van der Waals surface area contributed by atoms with Gasteiger partial charge in [0.05, 0.1) is 13.1 Å². The van der Waals surface area contributed by atoms with Gasteiger partial charge < -0.3 is 16.0 Å². The zero-order valence-corrected chi connectivity index (χ0v) is 11.4. The van der Waals surface area contributed by atoms with E-state index in [1.807, 2.05) is 4.90 Å². The molecule has 0 saturated heterocycles. The first-order valence-corrected chi connectivity index (χ1v) is 6.43. The van der Waals surface area contributed by atoms with Crippen LogP contribution >= 0.6 is 12.4 Å². The molecule has 0 aromatic heterocycles. The minimum absolute atomic E-state index is 0. The Bertz CT molecular complexity index is 290. The number of amides is 2. The average molecular weight is 276 g/mol. The molecule has 0 bridgehead atoms. The number of rotatable bonds is 7.